The Morgan fingerprint density at radius 3 is 2.88 bits per heavy atom. The van der Waals surface area contributed by atoms with Crippen LogP contribution in [0.25, 0.3) is 0 Å². The molecule has 4 nitrogen and oxygen atoms in total. The summed E-state index contributed by atoms with van der Waals surface area (Å²) in [5.74, 6) is -0.841. The second-order valence-corrected chi connectivity index (χ2v) is 4.01. The first-order valence-electron chi connectivity index (χ1n) is 4.97. The summed E-state index contributed by atoms with van der Waals surface area (Å²) in [7, 11) is 0. The minimum absolute atomic E-state index is 0.197. The van der Waals surface area contributed by atoms with Gasteiger partial charge in [-0.3, -0.25) is 5.43 Å². The van der Waals surface area contributed by atoms with E-state index >= 15 is 0 Å². The van der Waals surface area contributed by atoms with Crippen molar-refractivity contribution < 1.29 is 13.9 Å². The van der Waals surface area contributed by atoms with Crippen molar-refractivity contribution in [2.24, 2.45) is 5.10 Å². The Balaban J connectivity index is 2.72. The van der Waals surface area contributed by atoms with Gasteiger partial charge in [-0.25, -0.2) is 9.18 Å². The molecule has 0 spiro atoms. The minimum atomic E-state index is -0.488. The molecule has 0 radical (unpaired) electrons. The summed E-state index contributed by atoms with van der Waals surface area (Å²) in [6.07, 6.45) is 0. The van der Waals surface area contributed by atoms with Crippen LogP contribution in [-0.2, 0) is 9.53 Å². The molecule has 0 aromatic heterocycles. The SMILES string of the molecule is CCOC(=O)C(C)=NNc1ccc(F)cc1Br. The molecule has 92 valence electrons. The number of benzene rings is 1. The largest absolute Gasteiger partial charge is 0.461 e. The summed E-state index contributed by atoms with van der Waals surface area (Å²) in [6, 6.07) is 4.11. The zero-order chi connectivity index (χ0) is 12.8. The van der Waals surface area contributed by atoms with E-state index in [-0.39, 0.29) is 11.5 Å². The van der Waals surface area contributed by atoms with E-state index in [1.165, 1.54) is 25.1 Å². The number of nitrogens with zero attached hydrogens (tertiary/aromatic N) is 1. The lowest BCUT2D eigenvalue weighted by Crippen LogP contribution is -2.15. The number of hydrogen-bond donors (Lipinski definition) is 1. The summed E-state index contributed by atoms with van der Waals surface area (Å²) in [4.78, 5) is 11.2. The fourth-order valence-corrected chi connectivity index (χ4v) is 1.44. The number of esters is 1. The topological polar surface area (TPSA) is 50.7 Å². The zero-order valence-corrected chi connectivity index (χ0v) is 11.0. The molecule has 0 aliphatic rings. The Bertz CT molecular complexity index is 449. The van der Waals surface area contributed by atoms with Crippen LogP contribution in [0.4, 0.5) is 10.1 Å². The second kappa shape index (κ2) is 6.34. The maximum atomic E-state index is 12.8. The van der Waals surface area contributed by atoms with Gasteiger partial charge in [-0.15, -0.1) is 0 Å². The molecule has 1 N–H and O–H groups in total. The standard InChI is InChI=1S/C11H12BrFN2O2/c1-3-17-11(16)7(2)14-15-10-5-4-8(13)6-9(10)12/h4-6,15H,3H2,1-2H3. The quantitative estimate of drug-likeness (QED) is 0.528. The third-order valence-corrected chi connectivity index (χ3v) is 2.50. The highest BCUT2D eigenvalue weighted by molar-refractivity contribution is 9.10. The molecule has 0 heterocycles. The molecular weight excluding hydrogens is 291 g/mol. The van der Waals surface area contributed by atoms with Gasteiger partial charge in [-0.1, -0.05) is 0 Å². The van der Waals surface area contributed by atoms with Gasteiger partial charge in [0.2, 0.25) is 0 Å². The van der Waals surface area contributed by atoms with Crippen molar-refractivity contribution in [2.45, 2.75) is 13.8 Å². The minimum Gasteiger partial charge on any atom is -0.461 e. The van der Waals surface area contributed by atoms with Crippen LogP contribution in [0.5, 0.6) is 0 Å². The predicted molar refractivity (Wildman–Crippen MR) is 67.5 cm³/mol. The lowest BCUT2D eigenvalue weighted by Gasteiger charge is -2.05. The number of nitrogens with one attached hydrogen (secondary N) is 1. The van der Waals surface area contributed by atoms with E-state index in [1.807, 2.05) is 0 Å². The fraction of sp³-hybridized carbons (Fsp3) is 0.273. The van der Waals surface area contributed by atoms with Crippen LogP contribution in [0.3, 0.4) is 0 Å². The van der Waals surface area contributed by atoms with Crippen molar-refractivity contribution in [3.63, 3.8) is 0 Å². The van der Waals surface area contributed by atoms with Crippen LogP contribution in [0.15, 0.2) is 27.8 Å². The highest BCUT2D eigenvalue weighted by atomic mass is 79.9. The second-order valence-electron chi connectivity index (χ2n) is 3.15. The molecule has 0 bridgehead atoms. The third-order valence-electron chi connectivity index (χ3n) is 1.85. The van der Waals surface area contributed by atoms with Gasteiger partial charge < -0.3 is 4.74 Å². The first-order chi connectivity index (χ1) is 8.04. The molecule has 0 atom stereocenters. The van der Waals surface area contributed by atoms with E-state index in [1.54, 1.807) is 6.92 Å². The monoisotopic (exact) mass is 302 g/mol. The maximum Gasteiger partial charge on any atom is 0.354 e. The molecule has 0 unspecified atom stereocenters. The molecule has 0 amide bonds. The third kappa shape index (κ3) is 4.14. The molecule has 6 heteroatoms. The van der Waals surface area contributed by atoms with E-state index in [0.717, 1.165) is 0 Å². The van der Waals surface area contributed by atoms with Crippen molar-refractivity contribution in [3.05, 3.63) is 28.5 Å². The number of ether oxygens (including phenoxy) is 1. The predicted octanol–water partition coefficient (Wildman–Crippen LogP) is 2.94. The Kier molecular flexibility index (Phi) is 5.09. The summed E-state index contributed by atoms with van der Waals surface area (Å²) in [5, 5.41) is 3.84. The molecule has 1 aromatic rings. The van der Waals surface area contributed by atoms with E-state index in [2.05, 4.69) is 26.5 Å². The van der Waals surface area contributed by atoms with Crippen LogP contribution >= 0.6 is 15.9 Å². The summed E-state index contributed by atoms with van der Waals surface area (Å²) in [6.45, 7) is 3.55. The van der Waals surface area contributed by atoms with Crippen molar-refractivity contribution >= 4 is 33.3 Å². The van der Waals surface area contributed by atoms with Gasteiger partial charge in [0.25, 0.3) is 0 Å². The van der Waals surface area contributed by atoms with Crippen molar-refractivity contribution in [1.82, 2.24) is 0 Å². The number of anilines is 1. The lowest BCUT2D eigenvalue weighted by atomic mass is 10.3. The molecule has 17 heavy (non-hydrogen) atoms. The van der Waals surface area contributed by atoms with Crippen LogP contribution in [-0.4, -0.2) is 18.3 Å². The number of rotatable bonds is 4. The molecule has 0 fully saturated rings. The Hall–Kier alpha value is -1.43. The van der Waals surface area contributed by atoms with Crippen molar-refractivity contribution in [1.29, 1.82) is 0 Å². The Morgan fingerprint density at radius 2 is 2.29 bits per heavy atom. The molecule has 0 saturated carbocycles. The van der Waals surface area contributed by atoms with Crippen LogP contribution in [0, 0.1) is 5.82 Å². The van der Waals surface area contributed by atoms with Gasteiger partial charge in [-0.05, 0) is 48.0 Å². The average molecular weight is 303 g/mol. The highest BCUT2D eigenvalue weighted by Crippen LogP contribution is 2.22. The fourth-order valence-electron chi connectivity index (χ4n) is 1.01. The highest BCUT2D eigenvalue weighted by Gasteiger charge is 2.06. The molecule has 0 aliphatic heterocycles. The van der Waals surface area contributed by atoms with E-state index in [4.69, 9.17) is 4.74 Å². The van der Waals surface area contributed by atoms with Gasteiger partial charge in [0, 0.05) is 4.47 Å². The van der Waals surface area contributed by atoms with Crippen LogP contribution in [0.1, 0.15) is 13.8 Å². The van der Waals surface area contributed by atoms with Gasteiger partial charge in [0.1, 0.15) is 11.5 Å². The Labute approximate surface area is 107 Å². The number of hydrazone groups is 1. The van der Waals surface area contributed by atoms with Gasteiger partial charge in [-0.2, -0.15) is 5.10 Å². The molecule has 0 aliphatic carbocycles. The van der Waals surface area contributed by atoms with E-state index in [9.17, 15) is 9.18 Å². The van der Waals surface area contributed by atoms with Gasteiger partial charge in [0.15, 0.2) is 0 Å². The van der Waals surface area contributed by atoms with Crippen LogP contribution in [0.2, 0.25) is 0 Å². The maximum absolute atomic E-state index is 12.8. The molecule has 1 aromatic carbocycles. The summed E-state index contributed by atoms with van der Waals surface area (Å²) in [5.41, 5.74) is 3.41. The number of hydrogen-bond acceptors (Lipinski definition) is 4. The average Bonchev–Trinajstić information content (AvgIpc) is 2.27. The van der Waals surface area contributed by atoms with Crippen molar-refractivity contribution in [2.75, 3.05) is 12.0 Å². The first kappa shape index (κ1) is 13.6. The smallest absolute Gasteiger partial charge is 0.354 e. The number of carbonyl (C=O) groups is 1. The lowest BCUT2D eigenvalue weighted by molar-refractivity contribution is -0.135. The van der Waals surface area contributed by atoms with E-state index < -0.39 is 5.97 Å². The number of halogens is 2. The summed E-state index contributed by atoms with van der Waals surface area (Å²) >= 11 is 3.18. The molecule has 1 rings (SSSR count). The van der Waals surface area contributed by atoms with Gasteiger partial charge >= 0.3 is 5.97 Å². The summed E-state index contributed by atoms with van der Waals surface area (Å²) < 4.78 is 18.1. The van der Waals surface area contributed by atoms with Crippen LogP contribution < -0.4 is 5.43 Å². The number of carbonyl (C=O) groups excluding carboxylic acids is 1. The zero-order valence-electron chi connectivity index (χ0n) is 9.46. The van der Waals surface area contributed by atoms with E-state index in [0.29, 0.717) is 16.8 Å². The normalized spacial score (nSPS) is 11.2. The molecular formula is C11H12BrFN2O2. The first-order valence-corrected chi connectivity index (χ1v) is 5.76. The Morgan fingerprint density at radius 1 is 1.59 bits per heavy atom. The molecule has 0 saturated heterocycles. The van der Waals surface area contributed by atoms with Crippen molar-refractivity contribution in [3.8, 4) is 0 Å². The van der Waals surface area contributed by atoms with Gasteiger partial charge in [0.05, 0.1) is 12.3 Å².